The summed E-state index contributed by atoms with van der Waals surface area (Å²) in [7, 11) is 0. The van der Waals surface area contributed by atoms with Crippen LogP contribution >= 0.6 is 0 Å². The Morgan fingerprint density at radius 3 is 1.59 bits per heavy atom. The second-order valence-corrected chi connectivity index (χ2v) is 6.79. The zero-order valence-corrected chi connectivity index (χ0v) is 11.9. The summed E-state index contributed by atoms with van der Waals surface area (Å²) in [6, 6.07) is 6.58. The van der Waals surface area contributed by atoms with Crippen LogP contribution in [0.1, 0.15) is 58.2 Å². The van der Waals surface area contributed by atoms with Crippen molar-refractivity contribution in [3.8, 4) is 0 Å². The largest absolute Gasteiger partial charge is 0.303 e. The summed E-state index contributed by atoms with van der Waals surface area (Å²) in [5.41, 5.74) is 3.98. The third kappa shape index (κ3) is 3.69. The lowest BCUT2D eigenvalue weighted by Crippen LogP contribution is -2.17. The van der Waals surface area contributed by atoms with Crippen molar-refractivity contribution in [2.24, 2.45) is 0 Å². The molecule has 94 valence electrons. The molecular formula is C16H24O. The molecular weight excluding hydrogens is 208 g/mol. The van der Waals surface area contributed by atoms with Gasteiger partial charge in [0, 0.05) is 6.42 Å². The summed E-state index contributed by atoms with van der Waals surface area (Å²) >= 11 is 0. The normalized spacial score (nSPS) is 12.6. The number of carbonyl (C=O) groups excluding carboxylic acids is 1. The third-order valence-corrected chi connectivity index (χ3v) is 3.04. The second-order valence-electron chi connectivity index (χ2n) is 6.79. The molecule has 0 N–H and O–H groups in total. The minimum absolute atomic E-state index is 0.124. The SMILES string of the molecule is CC(C)(C)c1cc(CC=O)cc(C(C)(C)C)c1. The van der Waals surface area contributed by atoms with Gasteiger partial charge in [0.15, 0.2) is 0 Å². The van der Waals surface area contributed by atoms with E-state index in [0.29, 0.717) is 6.42 Å². The van der Waals surface area contributed by atoms with Crippen LogP contribution in [0, 0.1) is 0 Å². The Balaban J connectivity index is 3.34. The van der Waals surface area contributed by atoms with Gasteiger partial charge in [-0.25, -0.2) is 0 Å². The quantitative estimate of drug-likeness (QED) is 0.704. The molecule has 1 nitrogen and oxygen atoms in total. The molecule has 0 atom stereocenters. The average Bonchev–Trinajstić information content (AvgIpc) is 2.15. The lowest BCUT2D eigenvalue weighted by molar-refractivity contribution is -0.107. The molecule has 0 saturated carbocycles. The van der Waals surface area contributed by atoms with Gasteiger partial charge in [-0.3, -0.25) is 0 Å². The van der Waals surface area contributed by atoms with E-state index in [2.05, 4.69) is 59.7 Å². The van der Waals surface area contributed by atoms with Gasteiger partial charge in [0.25, 0.3) is 0 Å². The Hall–Kier alpha value is -1.11. The summed E-state index contributed by atoms with van der Waals surface area (Å²) in [6.07, 6.45) is 1.49. The molecule has 0 aliphatic carbocycles. The van der Waals surface area contributed by atoms with E-state index in [-0.39, 0.29) is 10.8 Å². The molecule has 1 rings (SSSR count). The third-order valence-electron chi connectivity index (χ3n) is 3.04. The maximum Gasteiger partial charge on any atom is 0.124 e. The Morgan fingerprint density at radius 2 is 1.29 bits per heavy atom. The molecule has 0 aliphatic rings. The van der Waals surface area contributed by atoms with Crippen molar-refractivity contribution in [3.63, 3.8) is 0 Å². The first-order chi connectivity index (χ1) is 7.64. The fraction of sp³-hybridized carbons (Fsp3) is 0.562. The molecule has 17 heavy (non-hydrogen) atoms. The molecule has 0 unspecified atom stereocenters. The summed E-state index contributed by atoms with van der Waals surface area (Å²) < 4.78 is 0. The number of hydrogen-bond acceptors (Lipinski definition) is 1. The summed E-state index contributed by atoms with van der Waals surface area (Å²) in [6.45, 7) is 13.2. The van der Waals surface area contributed by atoms with Crippen molar-refractivity contribution < 1.29 is 4.79 Å². The van der Waals surface area contributed by atoms with Crippen molar-refractivity contribution in [3.05, 3.63) is 34.9 Å². The molecule has 0 saturated heterocycles. The van der Waals surface area contributed by atoms with Gasteiger partial charge in [0.05, 0.1) is 0 Å². The van der Waals surface area contributed by atoms with Gasteiger partial charge < -0.3 is 4.79 Å². The number of hydrogen-bond donors (Lipinski definition) is 0. The van der Waals surface area contributed by atoms with Crippen LogP contribution in [0.25, 0.3) is 0 Å². The van der Waals surface area contributed by atoms with E-state index in [0.717, 1.165) is 11.8 Å². The molecule has 1 aromatic carbocycles. The van der Waals surface area contributed by atoms with Crippen LogP contribution in [0.15, 0.2) is 18.2 Å². The summed E-state index contributed by atoms with van der Waals surface area (Å²) in [5.74, 6) is 0. The fourth-order valence-corrected chi connectivity index (χ4v) is 1.77. The zero-order chi connectivity index (χ0) is 13.3. The number of carbonyl (C=O) groups is 1. The number of rotatable bonds is 2. The molecule has 1 heteroatoms. The van der Waals surface area contributed by atoms with Crippen LogP contribution in [0.5, 0.6) is 0 Å². The van der Waals surface area contributed by atoms with Crippen LogP contribution in [-0.4, -0.2) is 6.29 Å². The minimum Gasteiger partial charge on any atom is -0.303 e. The van der Waals surface area contributed by atoms with Crippen LogP contribution in [0.3, 0.4) is 0 Å². The van der Waals surface area contributed by atoms with Crippen LogP contribution in [0.2, 0.25) is 0 Å². The lowest BCUT2D eigenvalue weighted by Gasteiger charge is -2.26. The number of benzene rings is 1. The molecule has 0 spiro atoms. The molecule has 0 bridgehead atoms. The number of aldehydes is 1. The van der Waals surface area contributed by atoms with Crippen LogP contribution in [0.4, 0.5) is 0 Å². The smallest absolute Gasteiger partial charge is 0.124 e. The Bertz CT molecular complexity index is 370. The van der Waals surface area contributed by atoms with E-state index < -0.39 is 0 Å². The van der Waals surface area contributed by atoms with Crippen molar-refractivity contribution >= 4 is 6.29 Å². The van der Waals surface area contributed by atoms with E-state index in [1.54, 1.807) is 0 Å². The van der Waals surface area contributed by atoms with Crippen molar-refractivity contribution in [1.82, 2.24) is 0 Å². The first kappa shape index (κ1) is 14.0. The van der Waals surface area contributed by atoms with Gasteiger partial charge in [-0.2, -0.15) is 0 Å². The Labute approximate surface area is 105 Å². The first-order valence-corrected chi connectivity index (χ1v) is 6.23. The van der Waals surface area contributed by atoms with Gasteiger partial charge in [-0.15, -0.1) is 0 Å². The van der Waals surface area contributed by atoms with E-state index in [1.165, 1.54) is 11.1 Å². The molecule has 0 radical (unpaired) electrons. The van der Waals surface area contributed by atoms with Crippen LogP contribution < -0.4 is 0 Å². The maximum absolute atomic E-state index is 10.7. The topological polar surface area (TPSA) is 17.1 Å². The average molecular weight is 232 g/mol. The van der Waals surface area contributed by atoms with E-state index in [1.807, 2.05) is 0 Å². The van der Waals surface area contributed by atoms with Crippen molar-refractivity contribution in [2.75, 3.05) is 0 Å². The van der Waals surface area contributed by atoms with E-state index in [9.17, 15) is 4.79 Å². The van der Waals surface area contributed by atoms with Crippen molar-refractivity contribution in [1.29, 1.82) is 0 Å². The predicted octanol–water partition coefficient (Wildman–Crippen LogP) is 4.02. The van der Waals surface area contributed by atoms with E-state index >= 15 is 0 Å². The van der Waals surface area contributed by atoms with Gasteiger partial charge in [0.1, 0.15) is 6.29 Å². The standard InChI is InChI=1S/C16H24O/c1-15(2,3)13-9-12(7-8-17)10-14(11-13)16(4,5)6/h8-11H,7H2,1-6H3. The molecule has 0 aliphatic heterocycles. The highest BCUT2D eigenvalue weighted by Gasteiger charge is 2.20. The highest BCUT2D eigenvalue weighted by molar-refractivity contribution is 5.56. The highest BCUT2D eigenvalue weighted by Crippen LogP contribution is 2.30. The van der Waals surface area contributed by atoms with Gasteiger partial charge in [-0.1, -0.05) is 59.7 Å². The van der Waals surface area contributed by atoms with Gasteiger partial charge in [-0.05, 0) is 27.5 Å². The lowest BCUT2D eigenvalue weighted by atomic mass is 9.79. The van der Waals surface area contributed by atoms with E-state index in [4.69, 9.17) is 0 Å². The first-order valence-electron chi connectivity index (χ1n) is 6.23. The summed E-state index contributed by atoms with van der Waals surface area (Å²) in [5, 5.41) is 0. The monoisotopic (exact) mass is 232 g/mol. The highest BCUT2D eigenvalue weighted by atomic mass is 16.1. The molecule has 0 heterocycles. The maximum atomic E-state index is 10.7. The Morgan fingerprint density at radius 1 is 0.882 bits per heavy atom. The zero-order valence-electron chi connectivity index (χ0n) is 11.9. The van der Waals surface area contributed by atoms with Gasteiger partial charge >= 0.3 is 0 Å². The second kappa shape index (κ2) is 4.64. The Kier molecular flexibility index (Phi) is 3.81. The minimum atomic E-state index is 0.124. The fourth-order valence-electron chi connectivity index (χ4n) is 1.77. The molecule has 0 fully saturated rings. The van der Waals surface area contributed by atoms with Crippen molar-refractivity contribution in [2.45, 2.75) is 58.8 Å². The van der Waals surface area contributed by atoms with Crippen LogP contribution in [-0.2, 0) is 22.0 Å². The molecule has 0 aromatic heterocycles. The molecule has 0 amide bonds. The molecule has 1 aromatic rings. The predicted molar refractivity (Wildman–Crippen MR) is 73.6 cm³/mol. The summed E-state index contributed by atoms with van der Waals surface area (Å²) in [4.78, 5) is 10.7. The van der Waals surface area contributed by atoms with Gasteiger partial charge in [0.2, 0.25) is 0 Å².